The first kappa shape index (κ1) is 15.3. The van der Waals surface area contributed by atoms with Gasteiger partial charge in [0.2, 0.25) is 0 Å². The Morgan fingerprint density at radius 2 is 2.10 bits per heavy atom. The SMILES string of the molecule is CN(CCO)C(=O)NC(c1ccc(Br)cc1)C1CCC1. The number of hydrogen-bond donors (Lipinski definition) is 2. The number of aliphatic hydroxyl groups excluding tert-OH is 1. The van der Waals surface area contributed by atoms with E-state index in [0.29, 0.717) is 12.5 Å². The van der Waals surface area contributed by atoms with Crippen LogP contribution in [0, 0.1) is 5.92 Å². The lowest BCUT2D eigenvalue weighted by Gasteiger charge is -2.35. The quantitative estimate of drug-likeness (QED) is 0.865. The maximum atomic E-state index is 12.1. The Bertz CT molecular complexity index is 446. The molecule has 110 valence electrons. The molecule has 0 saturated heterocycles. The van der Waals surface area contributed by atoms with Crippen molar-refractivity contribution in [3.8, 4) is 0 Å². The molecule has 1 fully saturated rings. The van der Waals surface area contributed by atoms with E-state index in [9.17, 15) is 4.79 Å². The van der Waals surface area contributed by atoms with Crippen LogP contribution in [0.3, 0.4) is 0 Å². The molecule has 0 radical (unpaired) electrons. The zero-order valence-corrected chi connectivity index (χ0v) is 13.3. The van der Waals surface area contributed by atoms with E-state index in [1.54, 1.807) is 7.05 Å². The molecule has 1 unspecified atom stereocenters. The van der Waals surface area contributed by atoms with Gasteiger partial charge in [-0.1, -0.05) is 34.5 Å². The minimum absolute atomic E-state index is 0.0176. The fraction of sp³-hybridized carbons (Fsp3) is 0.533. The zero-order chi connectivity index (χ0) is 14.5. The first-order valence-electron chi connectivity index (χ1n) is 6.99. The third kappa shape index (κ3) is 3.73. The molecule has 2 rings (SSSR count). The number of aliphatic hydroxyl groups is 1. The average molecular weight is 341 g/mol. The molecule has 2 N–H and O–H groups in total. The van der Waals surface area contributed by atoms with Crippen LogP contribution in [-0.2, 0) is 0 Å². The summed E-state index contributed by atoms with van der Waals surface area (Å²) in [4.78, 5) is 13.6. The van der Waals surface area contributed by atoms with Crippen molar-refractivity contribution in [2.75, 3.05) is 20.2 Å². The van der Waals surface area contributed by atoms with Gasteiger partial charge in [-0.15, -0.1) is 0 Å². The number of carbonyl (C=O) groups is 1. The van der Waals surface area contributed by atoms with Crippen molar-refractivity contribution >= 4 is 22.0 Å². The number of carbonyl (C=O) groups excluding carboxylic acids is 1. The second-order valence-electron chi connectivity index (χ2n) is 5.31. The lowest BCUT2D eigenvalue weighted by atomic mass is 9.77. The normalized spacial score (nSPS) is 16.4. The highest BCUT2D eigenvalue weighted by atomic mass is 79.9. The van der Waals surface area contributed by atoms with E-state index in [1.807, 2.05) is 12.1 Å². The van der Waals surface area contributed by atoms with Gasteiger partial charge in [-0.3, -0.25) is 0 Å². The van der Waals surface area contributed by atoms with Crippen LogP contribution in [0.4, 0.5) is 4.79 Å². The molecule has 1 aliphatic rings. The number of hydrogen-bond acceptors (Lipinski definition) is 2. The van der Waals surface area contributed by atoms with Crippen LogP contribution >= 0.6 is 15.9 Å². The highest BCUT2D eigenvalue weighted by Crippen LogP contribution is 2.38. The molecule has 20 heavy (non-hydrogen) atoms. The summed E-state index contributed by atoms with van der Waals surface area (Å²) in [6.07, 6.45) is 3.55. The number of nitrogens with zero attached hydrogens (tertiary/aromatic N) is 1. The maximum absolute atomic E-state index is 12.1. The number of likely N-dealkylation sites (N-methyl/N-ethyl adjacent to an activating group) is 1. The van der Waals surface area contributed by atoms with E-state index in [2.05, 4.69) is 33.4 Å². The molecule has 0 heterocycles. The lowest BCUT2D eigenvalue weighted by Crippen LogP contribution is -2.43. The summed E-state index contributed by atoms with van der Waals surface area (Å²) >= 11 is 3.43. The van der Waals surface area contributed by atoms with E-state index in [0.717, 1.165) is 22.9 Å². The van der Waals surface area contributed by atoms with E-state index in [-0.39, 0.29) is 18.7 Å². The number of amides is 2. The molecule has 1 aromatic rings. The smallest absolute Gasteiger partial charge is 0.317 e. The summed E-state index contributed by atoms with van der Waals surface area (Å²) in [6.45, 7) is 0.333. The van der Waals surface area contributed by atoms with Gasteiger partial charge in [0.1, 0.15) is 0 Å². The predicted octanol–water partition coefficient (Wildman–Crippen LogP) is 2.92. The average Bonchev–Trinajstić information content (AvgIpc) is 2.37. The molecule has 0 spiro atoms. The third-order valence-corrected chi connectivity index (χ3v) is 4.44. The van der Waals surface area contributed by atoms with Gasteiger partial charge in [-0.2, -0.15) is 0 Å². The van der Waals surface area contributed by atoms with Crippen molar-refractivity contribution in [3.63, 3.8) is 0 Å². The van der Waals surface area contributed by atoms with E-state index >= 15 is 0 Å². The molecular weight excluding hydrogens is 320 g/mol. The third-order valence-electron chi connectivity index (χ3n) is 3.91. The topological polar surface area (TPSA) is 52.6 Å². The van der Waals surface area contributed by atoms with Crippen molar-refractivity contribution in [1.82, 2.24) is 10.2 Å². The largest absolute Gasteiger partial charge is 0.395 e. The Hall–Kier alpha value is -1.07. The van der Waals surface area contributed by atoms with Crippen molar-refractivity contribution < 1.29 is 9.90 Å². The number of halogens is 1. The fourth-order valence-corrected chi connectivity index (χ4v) is 2.68. The van der Waals surface area contributed by atoms with E-state index in [4.69, 9.17) is 5.11 Å². The van der Waals surface area contributed by atoms with Crippen molar-refractivity contribution in [2.24, 2.45) is 5.92 Å². The molecule has 1 aromatic carbocycles. The summed E-state index contributed by atoms with van der Waals surface area (Å²) in [5.41, 5.74) is 1.14. The van der Waals surface area contributed by atoms with Gasteiger partial charge in [0, 0.05) is 18.1 Å². The summed E-state index contributed by atoms with van der Waals surface area (Å²) < 4.78 is 1.04. The van der Waals surface area contributed by atoms with Crippen LogP contribution in [0.15, 0.2) is 28.7 Å². The van der Waals surface area contributed by atoms with Gasteiger partial charge in [0.15, 0.2) is 0 Å². The van der Waals surface area contributed by atoms with Gasteiger partial charge in [-0.05, 0) is 36.5 Å². The van der Waals surface area contributed by atoms with E-state index < -0.39 is 0 Å². The van der Waals surface area contributed by atoms with E-state index in [1.165, 1.54) is 11.3 Å². The van der Waals surface area contributed by atoms with Crippen LogP contribution in [-0.4, -0.2) is 36.2 Å². The molecule has 0 aliphatic heterocycles. The summed E-state index contributed by atoms with van der Waals surface area (Å²) in [5.74, 6) is 0.516. The Labute approximate surface area is 128 Å². The Morgan fingerprint density at radius 1 is 1.45 bits per heavy atom. The Morgan fingerprint density at radius 3 is 2.60 bits per heavy atom. The summed E-state index contributed by atoms with van der Waals surface area (Å²) in [7, 11) is 1.70. The van der Waals surface area contributed by atoms with Gasteiger partial charge < -0.3 is 15.3 Å². The first-order chi connectivity index (χ1) is 9.61. The Kier molecular flexibility index (Phi) is 5.43. The second kappa shape index (κ2) is 7.09. The summed E-state index contributed by atoms with van der Waals surface area (Å²) in [5, 5.41) is 12.0. The maximum Gasteiger partial charge on any atom is 0.317 e. The molecule has 1 aliphatic carbocycles. The van der Waals surface area contributed by atoms with Gasteiger partial charge in [-0.25, -0.2) is 4.79 Å². The molecule has 0 bridgehead atoms. The second-order valence-corrected chi connectivity index (χ2v) is 6.23. The minimum Gasteiger partial charge on any atom is -0.395 e. The monoisotopic (exact) mass is 340 g/mol. The van der Waals surface area contributed by atoms with Crippen molar-refractivity contribution in [2.45, 2.75) is 25.3 Å². The molecular formula is C15H21BrN2O2. The molecule has 2 amide bonds. The van der Waals surface area contributed by atoms with Crippen molar-refractivity contribution in [1.29, 1.82) is 0 Å². The number of benzene rings is 1. The first-order valence-corrected chi connectivity index (χ1v) is 7.79. The predicted molar refractivity (Wildman–Crippen MR) is 82.5 cm³/mol. The highest BCUT2D eigenvalue weighted by Gasteiger charge is 2.30. The zero-order valence-electron chi connectivity index (χ0n) is 11.7. The number of urea groups is 1. The standard InChI is InChI=1S/C15H21BrN2O2/c1-18(9-10-19)15(20)17-14(11-3-2-4-11)12-5-7-13(16)8-6-12/h5-8,11,14,19H,2-4,9-10H2,1H3,(H,17,20). The van der Waals surface area contributed by atoms with Gasteiger partial charge in [0.05, 0.1) is 12.6 Å². The van der Waals surface area contributed by atoms with Crippen molar-refractivity contribution in [3.05, 3.63) is 34.3 Å². The van der Waals surface area contributed by atoms with Crippen LogP contribution < -0.4 is 5.32 Å². The van der Waals surface area contributed by atoms with Gasteiger partial charge >= 0.3 is 6.03 Å². The van der Waals surface area contributed by atoms with Gasteiger partial charge in [0.25, 0.3) is 0 Å². The number of nitrogens with one attached hydrogen (secondary N) is 1. The molecule has 0 aromatic heterocycles. The fourth-order valence-electron chi connectivity index (χ4n) is 2.41. The summed E-state index contributed by atoms with van der Waals surface area (Å²) in [6, 6.07) is 8.05. The van der Waals surface area contributed by atoms with Crippen LogP contribution in [0.2, 0.25) is 0 Å². The lowest BCUT2D eigenvalue weighted by molar-refractivity contribution is 0.172. The van der Waals surface area contributed by atoms with Crippen LogP contribution in [0.1, 0.15) is 30.9 Å². The van der Waals surface area contributed by atoms with Crippen LogP contribution in [0.5, 0.6) is 0 Å². The highest BCUT2D eigenvalue weighted by molar-refractivity contribution is 9.10. The minimum atomic E-state index is -0.126. The molecule has 1 saturated carbocycles. The molecule has 1 atom stereocenters. The number of rotatable bonds is 5. The Balaban J connectivity index is 2.08. The molecule has 4 nitrogen and oxygen atoms in total. The van der Waals surface area contributed by atoms with Crippen LogP contribution in [0.25, 0.3) is 0 Å². The molecule has 5 heteroatoms.